The number of nitrogens with zero attached hydrogens (tertiary/aromatic N) is 1. The Morgan fingerprint density at radius 1 is 1.52 bits per heavy atom. The summed E-state index contributed by atoms with van der Waals surface area (Å²) in [5, 5.41) is 13.8. The van der Waals surface area contributed by atoms with Gasteiger partial charge in [0, 0.05) is 5.92 Å². The maximum Gasteiger partial charge on any atom is 0.244 e. The van der Waals surface area contributed by atoms with Gasteiger partial charge in [-0.2, -0.15) is 5.10 Å². The number of fused-ring (bicyclic) bond motifs is 1. The van der Waals surface area contributed by atoms with Crippen molar-refractivity contribution >= 4 is 28.1 Å². The number of hydrogen-bond acceptors (Lipinski definition) is 4. The molecule has 0 bridgehead atoms. The zero-order valence-corrected chi connectivity index (χ0v) is 14.9. The van der Waals surface area contributed by atoms with E-state index in [4.69, 9.17) is 4.74 Å². The molecule has 6 heteroatoms. The predicted molar refractivity (Wildman–Crippen MR) is 91.7 cm³/mol. The summed E-state index contributed by atoms with van der Waals surface area (Å²) in [6.07, 6.45) is 6.30. The van der Waals surface area contributed by atoms with E-state index in [2.05, 4.69) is 33.4 Å². The van der Waals surface area contributed by atoms with E-state index >= 15 is 0 Å². The van der Waals surface area contributed by atoms with Crippen molar-refractivity contribution < 1.29 is 14.6 Å². The van der Waals surface area contributed by atoms with Crippen molar-refractivity contribution in [2.45, 2.75) is 32.6 Å². The molecule has 2 aliphatic carbocycles. The van der Waals surface area contributed by atoms with Crippen molar-refractivity contribution in [2.75, 3.05) is 7.11 Å². The maximum absolute atomic E-state index is 12.3. The van der Waals surface area contributed by atoms with Crippen LogP contribution in [0.3, 0.4) is 0 Å². The summed E-state index contributed by atoms with van der Waals surface area (Å²) in [5.41, 5.74) is 3.57. The number of rotatable bonds is 4. The van der Waals surface area contributed by atoms with Crippen LogP contribution in [0.2, 0.25) is 0 Å². The van der Waals surface area contributed by atoms with Gasteiger partial charge in [-0.05, 0) is 57.8 Å². The summed E-state index contributed by atoms with van der Waals surface area (Å²) in [7, 11) is 1.49. The fraction of sp³-hybridized carbons (Fsp3) is 0.529. The number of phenolic OH excluding ortho intramolecular Hbond substituents is 1. The molecule has 2 aliphatic rings. The molecular formula is C17H21BrN2O3. The van der Waals surface area contributed by atoms with Crippen LogP contribution in [-0.4, -0.2) is 24.3 Å². The maximum atomic E-state index is 12.3. The van der Waals surface area contributed by atoms with Gasteiger partial charge in [0.15, 0.2) is 11.5 Å². The Morgan fingerprint density at radius 3 is 2.96 bits per heavy atom. The van der Waals surface area contributed by atoms with Crippen LogP contribution in [0.4, 0.5) is 0 Å². The lowest BCUT2D eigenvalue weighted by molar-refractivity contribution is -0.123. The summed E-state index contributed by atoms with van der Waals surface area (Å²) in [6, 6.07) is 3.37. The average molecular weight is 381 g/mol. The smallest absolute Gasteiger partial charge is 0.244 e. The highest BCUT2D eigenvalue weighted by molar-refractivity contribution is 9.10. The molecule has 5 nitrogen and oxygen atoms in total. The van der Waals surface area contributed by atoms with Crippen LogP contribution in [0.15, 0.2) is 21.7 Å². The van der Waals surface area contributed by atoms with Crippen LogP contribution in [0.25, 0.3) is 0 Å². The van der Waals surface area contributed by atoms with Crippen LogP contribution in [0, 0.1) is 17.3 Å². The fourth-order valence-corrected chi connectivity index (χ4v) is 4.37. The SMILES string of the molecule is COc1cc(/C=N/NC(=O)[C@H]2[C@H]3CCCC[C@]32C)cc(Br)c1O. The summed E-state index contributed by atoms with van der Waals surface area (Å²) in [4.78, 5) is 12.3. The van der Waals surface area contributed by atoms with E-state index in [1.54, 1.807) is 18.3 Å². The third kappa shape index (κ3) is 2.96. The van der Waals surface area contributed by atoms with Gasteiger partial charge in [0.25, 0.3) is 0 Å². The number of amides is 1. The van der Waals surface area contributed by atoms with Gasteiger partial charge in [0.2, 0.25) is 5.91 Å². The third-order valence-corrected chi connectivity index (χ3v) is 5.88. The number of hydrazone groups is 1. The first kappa shape index (κ1) is 16.3. The highest BCUT2D eigenvalue weighted by Crippen LogP contribution is 2.66. The lowest BCUT2D eigenvalue weighted by Crippen LogP contribution is -2.22. The standard InChI is InChI=1S/C17H21BrN2O3/c1-17-6-4-3-5-11(17)14(17)16(22)20-19-9-10-7-12(18)15(21)13(8-10)23-2/h7-9,11,14,21H,3-6H2,1-2H3,(H,20,22)/b19-9+/t11-,14-,17-/m1/s1. The minimum atomic E-state index is 0.0143. The molecule has 0 spiro atoms. The number of hydrogen-bond donors (Lipinski definition) is 2. The predicted octanol–water partition coefficient (Wildman–Crippen LogP) is 3.44. The minimum absolute atomic E-state index is 0.0143. The molecule has 0 radical (unpaired) electrons. The first-order valence-electron chi connectivity index (χ1n) is 7.87. The Balaban J connectivity index is 1.63. The first-order chi connectivity index (χ1) is 11.0. The van der Waals surface area contributed by atoms with Crippen molar-refractivity contribution in [3.8, 4) is 11.5 Å². The summed E-state index contributed by atoms with van der Waals surface area (Å²) in [6.45, 7) is 2.22. The third-order valence-electron chi connectivity index (χ3n) is 5.27. The van der Waals surface area contributed by atoms with Gasteiger partial charge in [0.1, 0.15) is 0 Å². The van der Waals surface area contributed by atoms with Crippen molar-refractivity contribution in [1.82, 2.24) is 5.43 Å². The molecule has 0 aliphatic heterocycles. The Kier molecular flexibility index (Phi) is 4.36. The summed E-state index contributed by atoms with van der Waals surface area (Å²) < 4.78 is 5.61. The van der Waals surface area contributed by atoms with Crippen LogP contribution in [-0.2, 0) is 4.79 Å². The fourth-order valence-electron chi connectivity index (χ4n) is 3.91. The second-order valence-corrected chi connectivity index (χ2v) is 7.48. The van der Waals surface area contributed by atoms with E-state index in [0.29, 0.717) is 16.1 Å². The zero-order valence-electron chi connectivity index (χ0n) is 13.3. The molecule has 2 N–H and O–H groups in total. The molecule has 3 atom stereocenters. The Hall–Kier alpha value is -1.56. The molecule has 0 unspecified atom stereocenters. The van der Waals surface area contributed by atoms with Gasteiger partial charge in [-0.25, -0.2) is 5.43 Å². The van der Waals surface area contributed by atoms with E-state index in [1.165, 1.54) is 20.0 Å². The van der Waals surface area contributed by atoms with Gasteiger partial charge >= 0.3 is 0 Å². The van der Waals surface area contributed by atoms with Gasteiger partial charge in [-0.15, -0.1) is 0 Å². The summed E-state index contributed by atoms with van der Waals surface area (Å²) in [5.74, 6) is 1.04. The normalized spacial score (nSPS) is 29.2. The van der Waals surface area contributed by atoms with E-state index in [1.807, 2.05) is 0 Å². The highest BCUT2D eigenvalue weighted by Gasteiger charge is 2.64. The number of halogens is 1. The van der Waals surface area contributed by atoms with Gasteiger partial charge in [-0.3, -0.25) is 4.79 Å². The molecule has 2 fully saturated rings. The van der Waals surface area contributed by atoms with E-state index in [-0.39, 0.29) is 23.0 Å². The molecule has 2 saturated carbocycles. The van der Waals surface area contributed by atoms with Crippen molar-refractivity contribution in [3.63, 3.8) is 0 Å². The van der Waals surface area contributed by atoms with Crippen molar-refractivity contribution in [1.29, 1.82) is 0 Å². The van der Waals surface area contributed by atoms with Crippen LogP contribution >= 0.6 is 15.9 Å². The zero-order chi connectivity index (χ0) is 16.6. The second-order valence-electron chi connectivity index (χ2n) is 6.62. The van der Waals surface area contributed by atoms with Crippen molar-refractivity contribution in [2.24, 2.45) is 22.4 Å². The Bertz CT molecular complexity index is 661. The first-order valence-corrected chi connectivity index (χ1v) is 8.66. The number of carbonyl (C=O) groups excluding carboxylic acids is 1. The number of nitrogens with one attached hydrogen (secondary N) is 1. The molecular weight excluding hydrogens is 360 g/mol. The molecule has 23 heavy (non-hydrogen) atoms. The number of ether oxygens (including phenoxy) is 1. The second kappa shape index (κ2) is 6.15. The van der Waals surface area contributed by atoms with Gasteiger partial charge in [-0.1, -0.05) is 19.8 Å². The topological polar surface area (TPSA) is 70.9 Å². The quantitative estimate of drug-likeness (QED) is 0.620. The molecule has 1 aromatic carbocycles. The molecule has 0 heterocycles. The minimum Gasteiger partial charge on any atom is -0.503 e. The molecule has 124 valence electrons. The molecule has 0 saturated heterocycles. The van der Waals surface area contributed by atoms with Gasteiger partial charge in [0.05, 0.1) is 17.8 Å². The Morgan fingerprint density at radius 2 is 2.30 bits per heavy atom. The summed E-state index contributed by atoms with van der Waals surface area (Å²) >= 11 is 3.26. The van der Waals surface area contributed by atoms with E-state index < -0.39 is 0 Å². The number of phenols is 1. The molecule has 1 aromatic rings. The largest absolute Gasteiger partial charge is 0.503 e. The van der Waals surface area contributed by atoms with Crippen LogP contribution in [0.1, 0.15) is 38.2 Å². The Labute approximate surface area is 144 Å². The number of aromatic hydroxyl groups is 1. The highest BCUT2D eigenvalue weighted by atomic mass is 79.9. The van der Waals surface area contributed by atoms with E-state index in [9.17, 15) is 9.90 Å². The number of methoxy groups -OCH3 is 1. The lowest BCUT2D eigenvalue weighted by Gasteiger charge is -2.15. The average Bonchev–Trinajstić information content (AvgIpc) is 3.16. The molecule has 3 rings (SSSR count). The van der Waals surface area contributed by atoms with Gasteiger partial charge < -0.3 is 9.84 Å². The van der Waals surface area contributed by atoms with Crippen LogP contribution < -0.4 is 10.2 Å². The number of benzene rings is 1. The monoisotopic (exact) mass is 380 g/mol. The van der Waals surface area contributed by atoms with Crippen LogP contribution in [0.5, 0.6) is 11.5 Å². The molecule has 0 aromatic heterocycles. The number of carbonyl (C=O) groups is 1. The molecule has 1 amide bonds. The van der Waals surface area contributed by atoms with Crippen molar-refractivity contribution in [3.05, 3.63) is 22.2 Å². The lowest BCUT2D eigenvalue weighted by atomic mass is 9.90. The van der Waals surface area contributed by atoms with E-state index in [0.717, 1.165) is 18.4 Å².